The van der Waals surface area contributed by atoms with Gasteiger partial charge in [0.2, 0.25) is 0 Å². The van der Waals surface area contributed by atoms with E-state index in [0.717, 1.165) is 21.7 Å². The van der Waals surface area contributed by atoms with Crippen LogP contribution in [0.3, 0.4) is 0 Å². The van der Waals surface area contributed by atoms with Gasteiger partial charge in [0.25, 0.3) is 5.56 Å². The number of rotatable bonds is 7. The van der Waals surface area contributed by atoms with Crippen molar-refractivity contribution in [3.63, 3.8) is 0 Å². The highest BCUT2D eigenvalue weighted by atomic mass is 79.9. The van der Waals surface area contributed by atoms with Crippen LogP contribution in [-0.4, -0.2) is 15.9 Å². The van der Waals surface area contributed by atoms with Gasteiger partial charge in [-0.1, -0.05) is 71.4 Å². The molecule has 0 spiro atoms. The molecule has 0 radical (unpaired) electrons. The lowest BCUT2D eigenvalue weighted by Crippen LogP contribution is -2.22. The van der Waals surface area contributed by atoms with E-state index in [2.05, 4.69) is 21.0 Å². The fourth-order valence-corrected chi connectivity index (χ4v) is 4.48. The van der Waals surface area contributed by atoms with Gasteiger partial charge in [-0.2, -0.15) is 9.78 Å². The largest absolute Gasteiger partial charge is 0.488 e. The first kappa shape index (κ1) is 23.9. The summed E-state index contributed by atoms with van der Waals surface area (Å²) in [5, 5.41) is 7.00. The van der Waals surface area contributed by atoms with Crippen molar-refractivity contribution in [3.05, 3.63) is 116 Å². The zero-order chi connectivity index (χ0) is 25.1. The highest BCUT2D eigenvalue weighted by Gasteiger charge is 2.13. The third-order valence-corrected chi connectivity index (χ3v) is 6.42. The number of halogens is 2. The van der Waals surface area contributed by atoms with Crippen molar-refractivity contribution in [2.75, 3.05) is 0 Å². The van der Waals surface area contributed by atoms with Gasteiger partial charge < -0.3 is 4.74 Å². The van der Waals surface area contributed by atoms with Gasteiger partial charge in [-0.05, 0) is 47.5 Å². The minimum absolute atomic E-state index is 0.0679. The summed E-state index contributed by atoms with van der Waals surface area (Å²) in [6.45, 7) is 2.10. The van der Waals surface area contributed by atoms with Crippen LogP contribution in [0.5, 0.6) is 5.75 Å². The van der Waals surface area contributed by atoms with Crippen molar-refractivity contribution < 1.29 is 9.13 Å². The van der Waals surface area contributed by atoms with Gasteiger partial charge in [0.1, 0.15) is 24.0 Å². The molecule has 0 aliphatic rings. The molecule has 180 valence electrons. The van der Waals surface area contributed by atoms with E-state index in [4.69, 9.17) is 9.72 Å². The lowest BCUT2D eigenvalue weighted by atomic mass is 10.0. The van der Waals surface area contributed by atoms with Gasteiger partial charge in [-0.15, -0.1) is 0 Å². The van der Waals surface area contributed by atoms with Crippen LogP contribution >= 0.6 is 15.9 Å². The normalized spacial score (nSPS) is 11.5. The molecule has 5 aromatic rings. The molecule has 0 saturated heterocycles. The second kappa shape index (κ2) is 10.4. The van der Waals surface area contributed by atoms with Crippen LogP contribution in [-0.2, 0) is 13.0 Å². The Morgan fingerprint density at radius 3 is 2.67 bits per heavy atom. The molecule has 0 amide bonds. The third-order valence-electron chi connectivity index (χ3n) is 5.92. The smallest absolute Gasteiger partial charge is 0.282 e. The summed E-state index contributed by atoms with van der Waals surface area (Å²) in [5.41, 5.74) is 1.56. The maximum absolute atomic E-state index is 14.2. The van der Waals surface area contributed by atoms with Crippen LogP contribution in [0.25, 0.3) is 21.7 Å². The molecule has 7 heteroatoms. The molecule has 0 saturated carbocycles. The number of fused-ring (bicyclic) bond motifs is 2. The van der Waals surface area contributed by atoms with Crippen LogP contribution in [0.2, 0.25) is 0 Å². The van der Waals surface area contributed by atoms with Crippen molar-refractivity contribution in [2.45, 2.75) is 26.4 Å². The zero-order valence-electron chi connectivity index (χ0n) is 19.6. The summed E-state index contributed by atoms with van der Waals surface area (Å²) in [6, 6.07) is 23.6. The van der Waals surface area contributed by atoms with E-state index in [1.54, 1.807) is 30.5 Å². The fourth-order valence-electron chi connectivity index (χ4n) is 4.12. The van der Waals surface area contributed by atoms with Crippen molar-refractivity contribution in [1.29, 1.82) is 0 Å². The van der Waals surface area contributed by atoms with E-state index in [1.165, 1.54) is 10.7 Å². The second-order valence-electron chi connectivity index (χ2n) is 8.38. The Kier molecular flexibility index (Phi) is 6.91. The molecule has 0 aliphatic carbocycles. The Bertz CT molecular complexity index is 1660. The molecule has 0 fully saturated rings. The maximum atomic E-state index is 14.2. The predicted octanol–water partition coefficient (Wildman–Crippen LogP) is 6.87. The Balaban J connectivity index is 1.62. The van der Waals surface area contributed by atoms with Crippen LogP contribution in [0.4, 0.5) is 4.39 Å². The standard InChI is InChI=1S/C29H23BrFN3O2/c1-2-7-28-33-26-14-13-21(30)16-23(26)29(35)34(28)32-17-24-22-10-5-3-8-19(22)12-15-27(24)36-18-20-9-4-6-11-25(20)31/h3-6,8-17H,2,7,18H2,1H3. The van der Waals surface area contributed by atoms with E-state index in [9.17, 15) is 9.18 Å². The number of nitrogens with zero attached hydrogens (tertiary/aromatic N) is 3. The molecule has 36 heavy (non-hydrogen) atoms. The van der Waals surface area contributed by atoms with Crippen molar-refractivity contribution in [2.24, 2.45) is 5.10 Å². The molecule has 4 aromatic carbocycles. The summed E-state index contributed by atoms with van der Waals surface area (Å²) < 4.78 is 22.4. The Hall–Kier alpha value is -3.84. The number of aryl methyl sites for hydroxylation is 1. The van der Waals surface area contributed by atoms with Gasteiger partial charge in [0.05, 0.1) is 17.1 Å². The lowest BCUT2D eigenvalue weighted by Gasteiger charge is -2.13. The van der Waals surface area contributed by atoms with E-state index < -0.39 is 0 Å². The molecule has 0 bridgehead atoms. The van der Waals surface area contributed by atoms with Gasteiger partial charge in [-0.3, -0.25) is 4.79 Å². The Labute approximate surface area is 216 Å². The topological polar surface area (TPSA) is 56.5 Å². The zero-order valence-corrected chi connectivity index (χ0v) is 21.2. The van der Waals surface area contributed by atoms with Crippen molar-refractivity contribution in [3.8, 4) is 5.75 Å². The van der Waals surface area contributed by atoms with E-state index in [0.29, 0.717) is 40.0 Å². The molecule has 0 unspecified atom stereocenters. The number of ether oxygens (including phenoxy) is 1. The summed E-state index contributed by atoms with van der Waals surface area (Å²) in [7, 11) is 0. The Morgan fingerprint density at radius 2 is 1.83 bits per heavy atom. The quantitative estimate of drug-likeness (QED) is 0.210. The van der Waals surface area contributed by atoms with Crippen molar-refractivity contribution in [1.82, 2.24) is 9.66 Å². The fraction of sp³-hybridized carbons (Fsp3) is 0.138. The first-order chi connectivity index (χ1) is 17.5. The molecule has 0 aliphatic heterocycles. The highest BCUT2D eigenvalue weighted by molar-refractivity contribution is 9.10. The lowest BCUT2D eigenvalue weighted by molar-refractivity contribution is 0.300. The van der Waals surface area contributed by atoms with Crippen LogP contribution in [0.15, 0.2) is 93.2 Å². The molecule has 1 aromatic heterocycles. The average molecular weight is 544 g/mol. The minimum Gasteiger partial charge on any atom is -0.488 e. The SMILES string of the molecule is CCCc1nc2ccc(Br)cc2c(=O)n1N=Cc1c(OCc2ccccc2F)ccc2ccccc12. The van der Waals surface area contributed by atoms with Gasteiger partial charge in [0.15, 0.2) is 0 Å². The number of benzene rings is 4. The van der Waals surface area contributed by atoms with Crippen LogP contribution in [0, 0.1) is 5.82 Å². The predicted molar refractivity (Wildman–Crippen MR) is 145 cm³/mol. The molecule has 5 nitrogen and oxygen atoms in total. The molecule has 5 rings (SSSR count). The summed E-state index contributed by atoms with van der Waals surface area (Å²) in [4.78, 5) is 18.1. The summed E-state index contributed by atoms with van der Waals surface area (Å²) >= 11 is 3.44. The van der Waals surface area contributed by atoms with Gasteiger partial charge >= 0.3 is 0 Å². The minimum atomic E-state index is -0.322. The number of hydrogen-bond donors (Lipinski definition) is 0. The molecule has 0 atom stereocenters. The average Bonchev–Trinajstić information content (AvgIpc) is 2.89. The maximum Gasteiger partial charge on any atom is 0.282 e. The first-order valence-electron chi connectivity index (χ1n) is 11.7. The molecular weight excluding hydrogens is 521 g/mol. The molecule has 1 heterocycles. The number of aromatic nitrogens is 2. The summed E-state index contributed by atoms with van der Waals surface area (Å²) in [6.07, 6.45) is 3.05. The molecular formula is C29H23BrFN3O2. The first-order valence-corrected chi connectivity index (χ1v) is 12.5. The van der Waals surface area contributed by atoms with Gasteiger partial charge in [0, 0.05) is 22.0 Å². The van der Waals surface area contributed by atoms with E-state index >= 15 is 0 Å². The molecule has 0 N–H and O–H groups in total. The van der Waals surface area contributed by atoms with E-state index in [1.807, 2.05) is 55.5 Å². The van der Waals surface area contributed by atoms with Crippen molar-refractivity contribution >= 4 is 43.8 Å². The van der Waals surface area contributed by atoms with Gasteiger partial charge in [-0.25, -0.2) is 9.37 Å². The highest BCUT2D eigenvalue weighted by Crippen LogP contribution is 2.28. The number of hydrogen-bond acceptors (Lipinski definition) is 4. The van der Waals surface area contributed by atoms with Crippen LogP contribution in [0.1, 0.15) is 30.3 Å². The third kappa shape index (κ3) is 4.79. The van der Waals surface area contributed by atoms with E-state index in [-0.39, 0.29) is 18.0 Å². The van der Waals surface area contributed by atoms with Crippen LogP contribution < -0.4 is 10.3 Å². The summed E-state index contributed by atoms with van der Waals surface area (Å²) in [5.74, 6) is 0.808. The second-order valence-corrected chi connectivity index (χ2v) is 9.30. The Morgan fingerprint density at radius 1 is 1.03 bits per heavy atom. The monoisotopic (exact) mass is 543 g/mol.